The molecule has 0 N–H and O–H groups in total. The highest BCUT2D eigenvalue weighted by Gasteiger charge is 2.43. The number of ether oxygens (including phenoxy) is 5. The van der Waals surface area contributed by atoms with Gasteiger partial charge in [0.05, 0.1) is 27.1 Å². The lowest BCUT2D eigenvalue weighted by molar-refractivity contribution is -0.0857. The van der Waals surface area contributed by atoms with E-state index in [2.05, 4.69) is 9.97 Å². The van der Waals surface area contributed by atoms with Crippen molar-refractivity contribution in [2.45, 2.75) is 23.9 Å². The minimum absolute atomic E-state index is 0.286. The number of hydrogen-bond acceptors (Lipinski definition) is 11. The SMILES string of the molecule is COc1ccc(O[C@@H]([C@H](Oc2ccc(OC)cc2)c2cnc(N(C)C)nc2)[C@@H](COC(c2ccccc2)(c2ccccc2)c2ccccc2)OS(C)(=O)=O)cc1. The van der Waals surface area contributed by atoms with Gasteiger partial charge in [0, 0.05) is 32.1 Å². The third kappa shape index (κ3) is 9.64. The van der Waals surface area contributed by atoms with Gasteiger partial charge in [0.2, 0.25) is 5.95 Å². The molecule has 12 heteroatoms. The molecule has 0 bridgehead atoms. The largest absolute Gasteiger partial charge is 0.497 e. The normalized spacial score (nSPS) is 13.2. The van der Waals surface area contributed by atoms with Crippen molar-refractivity contribution in [2.75, 3.05) is 46.1 Å². The summed E-state index contributed by atoms with van der Waals surface area (Å²) in [5.74, 6) is 2.55. The molecule has 0 saturated carbocycles. The fraction of sp³-hybridized carbons (Fsp3) is 0.227. The highest BCUT2D eigenvalue weighted by Crippen LogP contribution is 2.42. The Morgan fingerprint density at radius 1 is 0.607 bits per heavy atom. The second-order valence-electron chi connectivity index (χ2n) is 13.1. The topological polar surface area (TPSA) is 119 Å². The number of nitrogens with zero attached hydrogens (tertiary/aromatic N) is 3. The van der Waals surface area contributed by atoms with Gasteiger partial charge in [-0.05, 0) is 65.2 Å². The minimum Gasteiger partial charge on any atom is -0.497 e. The third-order valence-electron chi connectivity index (χ3n) is 9.01. The third-order valence-corrected chi connectivity index (χ3v) is 9.61. The standard InChI is InChI=1S/C44H45N3O8S/c1-47(2)43-45-29-32(30-46-43)41(53-38-25-21-36(50-3)22-26-38)42(54-39-27-23-37(51-4)24-28-39)40(55-56(5,48)49)31-52-44(33-15-9-6-10-16-33,34-17-11-7-12-18-34)35-19-13-8-14-20-35/h6-30,40-42H,31H2,1-5H3/t40-,41-,42-/m1/s1. The van der Waals surface area contributed by atoms with E-state index in [4.69, 9.17) is 27.9 Å². The van der Waals surface area contributed by atoms with Gasteiger partial charge in [-0.2, -0.15) is 8.42 Å². The molecule has 1 heterocycles. The van der Waals surface area contributed by atoms with Crippen molar-refractivity contribution in [1.29, 1.82) is 0 Å². The van der Waals surface area contributed by atoms with E-state index in [-0.39, 0.29) is 6.61 Å². The molecule has 0 spiro atoms. The highest BCUT2D eigenvalue weighted by atomic mass is 32.2. The Morgan fingerprint density at radius 3 is 1.41 bits per heavy atom. The average Bonchev–Trinajstić information content (AvgIpc) is 3.23. The van der Waals surface area contributed by atoms with Crippen LogP contribution < -0.4 is 23.8 Å². The smallest absolute Gasteiger partial charge is 0.264 e. The summed E-state index contributed by atoms with van der Waals surface area (Å²) in [6.07, 6.45) is 0.714. The molecule has 0 saturated heterocycles. The van der Waals surface area contributed by atoms with Crippen LogP contribution in [0.5, 0.6) is 23.0 Å². The van der Waals surface area contributed by atoms with Gasteiger partial charge >= 0.3 is 0 Å². The van der Waals surface area contributed by atoms with Crippen molar-refractivity contribution in [2.24, 2.45) is 0 Å². The first kappa shape index (κ1) is 39.7. The van der Waals surface area contributed by atoms with Crippen LogP contribution in [0.1, 0.15) is 28.4 Å². The van der Waals surface area contributed by atoms with E-state index in [9.17, 15) is 8.42 Å². The van der Waals surface area contributed by atoms with Crippen LogP contribution in [0.3, 0.4) is 0 Å². The van der Waals surface area contributed by atoms with Crippen molar-refractivity contribution >= 4 is 16.1 Å². The second-order valence-corrected chi connectivity index (χ2v) is 14.7. The van der Waals surface area contributed by atoms with Gasteiger partial charge in [-0.1, -0.05) is 91.0 Å². The van der Waals surface area contributed by atoms with E-state index in [1.54, 1.807) is 80.0 Å². The number of hydrogen-bond donors (Lipinski definition) is 0. The molecule has 56 heavy (non-hydrogen) atoms. The number of methoxy groups -OCH3 is 2. The van der Waals surface area contributed by atoms with Crippen LogP contribution >= 0.6 is 0 Å². The first-order valence-corrected chi connectivity index (χ1v) is 19.7. The maximum atomic E-state index is 13.3. The molecular formula is C44H45N3O8S. The van der Waals surface area contributed by atoms with Gasteiger partial charge in [0.1, 0.15) is 34.7 Å². The van der Waals surface area contributed by atoms with Crippen molar-refractivity contribution in [3.63, 3.8) is 0 Å². The lowest BCUT2D eigenvalue weighted by Crippen LogP contribution is -2.47. The maximum Gasteiger partial charge on any atom is 0.264 e. The van der Waals surface area contributed by atoms with E-state index in [1.165, 1.54) is 0 Å². The van der Waals surface area contributed by atoms with Crippen LogP contribution in [0.15, 0.2) is 152 Å². The lowest BCUT2D eigenvalue weighted by atomic mass is 9.80. The van der Waals surface area contributed by atoms with Crippen molar-refractivity contribution in [3.8, 4) is 23.0 Å². The summed E-state index contributed by atoms with van der Waals surface area (Å²) in [6.45, 7) is -0.286. The highest BCUT2D eigenvalue weighted by molar-refractivity contribution is 7.86. The zero-order valence-electron chi connectivity index (χ0n) is 31.9. The van der Waals surface area contributed by atoms with E-state index in [0.717, 1.165) is 22.9 Å². The van der Waals surface area contributed by atoms with Crippen LogP contribution in [-0.4, -0.2) is 71.8 Å². The summed E-state index contributed by atoms with van der Waals surface area (Å²) in [7, 11) is 2.68. The molecule has 0 fully saturated rings. The second kappa shape index (κ2) is 18.1. The number of benzene rings is 5. The molecule has 0 unspecified atom stereocenters. The number of aromatic nitrogens is 2. The van der Waals surface area contributed by atoms with Crippen LogP contribution in [0.2, 0.25) is 0 Å². The van der Waals surface area contributed by atoms with Crippen molar-refractivity contribution in [1.82, 2.24) is 9.97 Å². The Bertz CT molecular complexity index is 2110. The average molecular weight is 776 g/mol. The molecule has 11 nitrogen and oxygen atoms in total. The molecule has 0 aliphatic rings. The first-order chi connectivity index (χ1) is 27.1. The Labute approximate surface area is 328 Å². The predicted molar refractivity (Wildman–Crippen MR) is 215 cm³/mol. The van der Waals surface area contributed by atoms with E-state index in [0.29, 0.717) is 34.5 Å². The molecule has 290 valence electrons. The molecule has 0 amide bonds. The van der Waals surface area contributed by atoms with Gasteiger partial charge in [-0.15, -0.1) is 0 Å². The van der Waals surface area contributed by atoms with E-state index in [1.807, 2.05) is 105 Å². The Balaban J connectivity index is 1.53. The summed E-state index contributed by atoms with van der Waals surface area (Å²) in [4.78, 5) is 10.9. The minimum atomic E-state index is -4.14. The number of anilines is 1. The molecular weight excluding hydrogens is 731 g/mol. The molecule has 1 aromatic heterocycles. The predicted octanol–water partition coefficient (Wildman–Crippen LogP) is 7.48. The summed E-state index contributed by atoms with van der Waals surface area (Å²) in [5.41, 5.74) is 1.74. The fourth-order valence-corrected chi connectivity index (χ4v) is 6.97. The zero-order valence-corrected chi connectivity index (χ0v) is 32.7. The maximum absolute atomic E-state index is 13.3. The fourth-order valence-electron chi connectivity index (χ4n) is 6.36. The molecule has 0 radical (unpaired) electrons. The summed E-state index contributed by atoms with van der Waals surface area (Å²) in [6, 6.07) is 43.3. The molecule has 5 aromatic carbocycles. The first-order valence-electron chi connectivity index (χ1n) is 17.9. The zero-order chi connectivity index (χ0) is 39.5. The quantitative estimate of drug-likeness (QED) is 0.0639. The van der Waals surface area contributed by atoms with Crippen LogP contribution in [0.25, 0.3) is 0 Å². The van der Waals surface area contributed by atoms with E-state index >= 15 is 0 Å². The van der Waals surface area contributed by atoms with Gasteiger partial charge in [0.15, 0.2) is 12.2 Å². The van der Waals surface area contributed by atoms with Gasteiger partial charge < -0.3 is 28.6 Å². The van der Waals surface area contributed by atoms with E-state index < -0.39 is 34.0 Å². The summed E-state index contributed by atoms with van der Waals surface area (Å²) >= 11 is 0. The van der Waals surface area contributed by atoms with Gasteiger partial charge in [-0.3, -0.25) is 4.18 Å². The molecule has 3 atom stereocenters. The molecule has 0 aliphatic carbocycles. The van der Waals surface area contributed by atoms with Crippen LogP contribution in [0.4, 0.5) is 5.95 Å². The lowest BCUT2D eigenvalue weighted by Gasteiger charge is -2.39. The number of rotatable bonds is 18. The van der Waals surface area contributed by atoms with Crippen LogP contribution in [-0.2, 0) is 24.6 Å². The summed E-state index contributed by atoms with van der Waals surface area (Å²) < 4.78 is 64.0. The molecule has 0 aliphatic heterocycles. The molecule has 6 aromatic rings. The van der Waals surface area contributed by atoms with Crippen molar-refractivity contribution < 1.29 is 36.3 Å². The van der Waals surface area contributed by atoms with Gasteiger partial charge in [-0.25, -0.2) is 9.97 Å². The van der Waals surface area contributed by atoms with Gasteiger partial charge in [0.25, 0.3) is 10.1 Å². The van der Waals surface area contributed by atoms with Crippen molar-refractivity contribution in [3.05, 3.63) is 174 Å². The Kier molecular flexibility index (Phi) is 12.9. The Morgan fingerprint density at radius 2 is 1.02 bits per heavy atom. The molecule has 6 rings (SSSR count). The monoisotopic (exact) mass is 775 g/mol. The summed E-state index contributed by atoms with van der Waals surface area (Å²) in [5, 5.41) is 0. The Hall–Kier alpha value is -5.95. The van der Waals surface area contributed by atoms with Crippen LogP contribution in [0, 0.1) is 0 Å².